The highest BCUT2D eigenvalue weighted by molar-refractivity contribution is 6.05. The van der Waals surface area contributed by atoms with E-state index < -0.39 is 0 Å². The maximum absolute atomic E-state index is 12.4. The molecule has 2 amide bonds. The Balaban J connectivity index is 1.79. The van der Waals surface area contributed by atoms with Gasteiger partial charge in [0, 0.05) is 11.6 Å². The molecule has 3 rings (SSSR count). The van der Waals surface area contributed by atoms with E-state index in [1.54, 1.807) is 12.3 Å². The van der Waals surface area contributed by atoms with Gasteiger partial charge in [0.25, 0.3) is 0 Å². The standard InChI is InChI=1S/C19H19N3O2/c1-13(2)24-17-11-4-3-9-15(17)21-19(23)22-16-10-5-7-14-8-6-12-20-18(14)16/h3-13H,1-2H3,(H2,21,22,23). The predicted octanol–water partition coefficient (Wildman–Crippen LogP) is 4.67. The van der Waals surface area contributed by atoms with Gasteiger partial charge in [-0.05, 0) is 38.1 Å². The Hall–Kier alpha value is -3.08. The highest BCUT2D eigenvalue weighted by atomic mass is 16.5. The van der Waals surface area contributed by atoms with Gasteiger partial charge in [-0.1, -0.05) is 30.3 Å². The van der Waals surface area contributed by atoms with E-state index in [1.165, 1.54) is 0 Å². The van der Waals surface area contributed by atoms with Gasteiger partial charge in [-0.25, -0.2) is 4.79 Å². The Morgan fingerprint density at radius 1 is 0.958 bits per heavy atom. The summed E-state index contributed by atoms with van der Waals surface area (Å²) in [7, 11) is 0. The lowest BCUT2D eigenvalue weighted by Gasteiger charge is -2.15. The maximum atomic E-state index is 12.4. The quantitative estimate of drug-likeness (QED) is 0.734. The van der Waals surface area contributed by atoms with Crippen molar-refractivity contribution >= 4 is 28.3 Å². The van der Waals surface area contributed by atoms with Gasteiger partial charge in [-0.2, -0.15) is 0 Å². The fraction of sp³-hybridized carbons (Fsp3) is 0.158. The highest BCUT2D eigenvalue weighted by Gasteiger charge is 2.10. The van der Waals surface area contributed by atoms with E-state index in [0.717, 1.165) is 10.9 Å². The van der Waals surface area contributed by atoms with E-state index in [0.29, 0.717) is 17.1 Å². The molecule has 24 heavy (non-hydrogen) atoms. The second-order valence-corrected chi connectivity index (χ2v) is 5.62. The lowest BCUT2D eigenvalue weighted by molar-refractivity contribution is 0.243. The number of amides is 2. The molecule has 2 N–H and O–H groups in total. The Morgan fingerprint density at radius 3 is 2.50 bits per heavy atom. The third-order valence-electron chi connectivity index (χ3n) is 3.38. The van der Waals surface area contributed by atoms with Crippen molar-refractivity contribution in [1.82, 2.24) is 4.98 Å². The summed E-state index contributed by atoms with van der Waals surface area (Å²) in [6.45, 7) is 3.89. The first-order chi connectivity index (χ1) is 11.6. The molecule has 1 heterocycles. The molecule has 0 fully saturated rings. The normalized spacial score (nSPS) is 10.6. The van der Waals surface area contributed by atoms with Gasteiger partial charge < -0.3 is 15.4 Å². The smallest absolute Gasteiger partial charge is 0.323 e. The van der Waals surface area contributed by atoms with Gasteiger partial charge in [-0.15, -0.1) is 0 Å². The van der Waals surface area contributed by atoms with Crippen LogP contribution >= 0.6 is 0 Å². The topological polar surface area (TPSA) is 63.2 Å². The Labute approximate surface area is 140 Å². The molecule has 1 aromatic heterocycles. The average molecular weight is 321 g/mol. The van der Waals surface area contributed by atoms with Gasteiger partial charge in [0.15, 0.2) is 0 Å². The average Bonchev–Trinajstić information content (AvgIpc) is 2.56. The largest absolute Gasteiger partial charge is 0.489 e. The minimum atomic E-state index is -0.340. The summed E-state index contributed by atoms with van der Waals surface area (Å²) in [5.41, 5.74) is 2.03. The van der Waals surface area contributed by atoms with E-state index in [9.17, 15) is 4.79 Å². The summed E-state index contributed by atoms with van der Waals surface area (Å²) < 4.78 is 5.71. The van der Waals surface area contributed by atoms with E-state index in [-0.39, 0.29) is 12.1 Å². The lowest BCUT2D eigenvalue weighted by atomic mass is 10.2. The number of carbonyl (C=O) groups is 1. The van der Waals surface area contributed by atoms with Crippen LogP contribution in [-0.2, 0) is 0 Å². The monoisotopic (exact) mass is 321 g/mol. The summed E-state index contributed by atoms with van der Waals surface area (Å²) in [4.78, 5) is 16.7. The third kappa shape index (κ3) is 3.63. The van der Waals surface area contributed by atoms with E-state index in [1.807, 2.05) is 62.4 Å². The summed E-state index contributed by atoms with van der Waals surface area (Å²) in [5, 5.41) is 6.64. The molecule has 0 aliphatic heterocycles. The summed E-state index contributed by atoms with van der Waals surface area (Å²) >= 11 is 0. The van der Waals surface area contributed by atoms with Crippen molar-refractivity contribution in [1.29, 1.82) is 0 Å². The third-order valence-corrected chi connectivity index (χ3v) is 3.38. The number of nitrogens with zero attached hydrogens (tertiary/aromatic N) is 1. The summed E-state index contributed by atoms with van der Waals surface area (Å²) in [5.74, 6) is 0.638. The number of aromatic nitrogens is 1. The lowest BCUT2D eigenvalue weighted by Crippen LogP contribution is -2.20. The van der Waals surface area contributed by atoms with Crippen molar-refractivity contribution < 1.29 is 9.53 Å². The number of hydrogen-bond acceptors (Lipinski definition) is 3. The molecule has 3 aromatic rings. The van der Waals surface area contributed by atoms with E-state index >= 15 is 0 Å². The second kappa shape index (κ2) is 7.00. The minimum absolute atomic E-state index is 0.0262. The minimum Gasteiger partial charge on any atom is -0.489 e. The molecule has 0 bridgehead atoms. The summed E-state index contributed by atoms with van der Waals surface area (Å²) in [6.07, 6.45) is 1.73. The molecule has 122 valence electrons. The molecule has 0 aliphatic carbocycles. The number of rotatable bonds is 4. The van der Waals surface area contributed by atoms with Crippen LogP contribution in [0.4, 0.5) is 16.2 Å². The molecule has 0 unspecified atom stereocenters. The fourth-order valence-electron chi connectivity index (χ4n) is 2.41. The Bertz CT molecular complexity index is 857. The number of anilines is 2. The van der Waals surface area contributed by atoms with Crippen LogP contribution in [0.1, 0.15) is 13.8 Å². The Kier molecular flexibility index (Phi) is 4.61. The van der Waals surface area contributed by atoms with Crippen molar-refractivity contribution in [2.75, 3.05) is 10.6 Å². The number of urea groups is 1. The van der Waals surface area contributed by atoms with E-state index in [4.69, 9.17) is 4.74 Å². The molecular formula is C19H19N3O2. The molecule has 5 heteroatoms. The van der Waals surface area contributed by atoms with Gasteiger partial charge in [0.1, 0.15) is 5.75 Å². The van der Waals surface area contributed by atoms with Crippen LogP contribution in [0, 0.1) is 0 Å². The van der Waals surface area contributed by atoms with Crippen LogP contribution in [0.2, 0.25) is 0 Å². The van der Waals surface area contributed by atoms with Crippen LogP contribution in [0.25, 0.3) is 10.9 Å². The molecule has 0 aliphatic rings. The SMILES string of the molecule is CC(C)Oc1ccccc1NC(=O)Nc1cccc2cccnc12. The van der Waals surface area contributed by atoms with Crippen molar-refractivity contribution in [2.45, 2.75) is 20.0 Å². The van der Waals surface area contributed by atoms with Crippen LogP contribution < -0.4 is 15.4 Å². The maximum Gasteiger partial charge on any atom is 0.323 e. The molecular weight excluding hydrogens is 302 g/mol. The number of pyridine rings is 1. The number of para-hydroxylation sites is 3. The first-order valence-corrected chi connectivity index (χ1v) is 7.81. The molecule has 5 nitrogen and oxygen atoms in total. The summed E-state index contributed by atoms with van der Waals surface area (Å²) in [6, 6.07) is 16.5. The highest BCUT2D eigenvalue weighted by Crippen LogP contribution is 2.26. The molecule has 0 saturated heterocycles. The zero-order chi connectivity index (χ0) is 16.9. The zero-order valence-corrected chi connectivity index (χ0v) is 13.6. The number of carbonyl (C=O) groups excluding carboxylic acids is 1. The first-order valence-electron chi connectivity index (χ1n) is 7.81. The van der Waals surface area contributed by atoms with Crippen LogP contribution in [0.5, 0.6) is 5.75 Å². The first kappa shape index (κ1) is 15.8. The number of hydrogen-bond donors (Lipinski definition) is 2. The Morgan fingerprint density at radius 2 is 1.67 bits per heavy atom. The predicted molar refractivity (Wildman–Crippen MR) is 96.6 cm³/mol. The molecule has 0 saturated carbocycles. The second-order valence-electron chi connectivity index (χ2n) is 5.62. The molecule has 0 spiro atoms. The number of benzene rings is 2. The zero-order valence-electron chi connectivity index (χ0n) is 13.6. The van der Waals surface area contributed by atoms with Crippen molar-refractivity contribution in [3.8, 4) is 5.75 Å². The molecule has 2 aromatic carbocycles. The van der Waals surface area contributed by atoms with Crippen molar-refractivity contribution in [3.63, 3.8) is 0 Å². The van der Waals surface area contributed by atoms with Crippen molar-refractivity contribution in [2.24, 2.45) is 0 Å². The van der Waals surface area contributed by atoms with Gasteiger partial charge in [-0.3, -0.25) is 4.98 Å². The number of fused-ring (bicyclic) bond motifs is 1. The fourth-order valence-corrected chi connectivity index (χ4v) is 2.41. The van der Waals surface area contributed by atoms with E-state index in [2.05, 4.69) is 15.6 Å². The van der Waals surface area contributed by atoms with Crippen molar-refractivity contribution in [3.05, 3.63) is 60.8 Å². The van der Waals surface area contributed by atoms with Crippen LogP contribution in [-0.4, -0.2) is 17.1 Å². The molecule has 0 atom stereocenters. The number of nitrogens with one attached hydrogen (secondary N) is 2. The van der Waals surface area contributed by atoms with Gasteiger partial charge in [0.2, 0.25) is 0 Å². The van der Waals surface area contributed by atoms with Crippen LogP contribution in [0.15, 0.2) is 60.8 Å². The molecule has 0 radical (unpaired) electrons. The number of ether oxygens (including phenoxy) is 1. The van der Waals surface area contributed by atoms with Gasteiger partial charge >= 0.3 is 6.03 Å². The van der Waals surface area contributed by atoms with Gasteiger partial charge in [0.05, 0.1) is 23.0 Å². The van der Waals surface area contributed by atoms with Crippen LogP contribution in [0.3, 0.4) is 0 Å².